The molecule has 0 radical (unpaired) electrons. The van der Waals surface area contributed by atoms with Crippen molar-refractivity contribution in [2.75, 3.05) is 19.8 Å². The summed E-state index contributed by atoms with van der Waals surface area (Å²) < 4.78 is 8.99. The highest BCUT2D eigenvalue weighted by molar-refractivity contribution is 5.73. The zero-order chi connectivity index (χ0) is 10.8. The highest BCUT2D eigenvalue weighted by Gasteiger charge is 2.05. The van der Waals surface area contributed by atoms with Crippen LogP contribution in [-0.4, -0.2) is 31.7 Å². The summed E-state index contributed by atoms with van der Waals surface area (Å²) in [6, 6.07) is 1.62. The van der Waals surface area contributed by atoms with Crippen LogP contribution in [0.1, 0.15) is 6.42 Å². The third kappa shape index (κ3) is 6.62. The molecule has 0 aliphatic carbocycles. The molecule has 0 aromatic carbocycles. The zero-order valence-corrected chi connectivity index (χ0v) is 7.36. The van der Waals surface area contributed by atoms with Crippen LogP contribution in [0, 0.1) is 17.9 Å². The molecule has 0 aliphatic heterocycles. The number of esters is 2. The number of hydrogen-bond acceptors (Lipinski definition) is 5. The quantitative estimate of drug-likeness (QED) is 0.348. The highest BCUT2D eigenvalue weighted by Crippen LogP contribution is 1.86. The number of nitrogens with zero attached hydrogens (tertiary/aromatic N) is 2. The Labute approximate surface area is 80.8 Å². The summed E-state index contributed by atoms with van der Waals surface area (Å²) in [7, 11) is 0. The smallest absolute Gasteiger partial charge is 0.387 e. The van der Waals surface area contributed by atoms with E-state index in [2.05, 4.69) is 14.3 Å². The van der Waals surface area contributed by atoms with Crippen LogP contribution >= 0.6 is 0 Å². The van der Waals surface area contributed by atoms with Crippen LogP contribution in [-0.2, 0) is 19.1 Å². The first kappa shape index (κ1) is 11.9. The molecule has 0 saturated carbocycles. The van der Waals surface area contributed by atoms with Gasteiger partial charge in [0.2, 0.25) is 0 Å². The van der Waals surface area contributed by atoms with Gasteiger partial charge in [0.1, 0.15) is 19.6 Å². The molecule has 6 heteroatoms. The second-order valence-corrected chi connectivity index (χ2v) is 2.09. The molecular weight excluding hydrogens is 188 g/mol. The van der Waals surface area contributed by atoms with Crippen molar-refractivity contribution in [3.05, 3.63) is 11.4 Å². The summed E-state index contributed by atoms with van der Waals surface area (Å²) in [4.78, 5) is 24.0. The van der Waals surface area contributed by atoms with Gasteiger partial charge < -0.3 is 14.3 Å². The van der Waals surface area contributed by atoms with Crippen LogP contribution in [0.15, 0.2) is 0 Å². The lowest BCUT2D eigenvalue weighted by Gasteiger charge is -2.01. The molecule has 0 heterocycles. The fraction of sp³-hybridized carbons (Fsp3) is 0.500. The Morgan fingerprint density at radius 3 is 2.36 bits per heavy atom. The van der Waals surface area contributed by atoms with Crippen molar-refractivity contribution in [2.45, 2.75) is 6.42 Å². The molecule has 0 aromatic heterocycles. The van der Waals surface area contributed by atoms with E-state index >= 15 is 0 Å². The number of carbonyl (C=O) groups excluding carboxylic acids is 2. The van der Waals surface area contributed by atoms with Crippen molar-refractivity contribution >= 4 is 11.9 Å². The second kappa shape index (κ2) is 7.56. The molecule has 6 nitrogen and oxygen atoms in total. The maximum absolute atomic E-state index is 10.6. The summed E-state index contributed by atoms with van der Waals surface area (Å²) in [5.74, 6) is -1.31. The first-order chi connectivity index (χ1) is 6.70. The van der Waals surface area contributed by atoms with Gasteiger partial charge in [-0.2, -0.15) is 5.26 Å². The van der Waals surface area contributed by atoms with Crippen LogP contribution in [0.5, 0.6) is 0 Å². The van der Waals surface area contributed by atoms with Gasteiger partial charge in [-0.3, -0.25) is 4.79 Å². The summed E-state index contributed by atoms with van der Waals surface area (Å²) in [6.45, 7) is 5.81. The van der Waals surface area contributed by atoms with Crippen LogP contribution < -0.4 is 0 Å². The molecule has 0 saturated heterocycles. The lowest BCUT2D eigenvalue weighted by atomic mass is 10.5. The van der Waals surface area contributed by atoms with E-state index in [4.69, 9.17) is 11.8 Å². The van der Waals surface area contributed by atoms with Gasteiger partial charge in [-0.1, -0.05) is 0 Å². The minimum Gasteiger partial charge on any atom is -0.461 e. The van der Waals surface area contributed by atoms with Gasteiger partial charge in [-0.05, 0) is 0 Å². The third-order valence-electron chi connectivity index (χ3n) is 1.04. The lowest BCUT2D eigenvalue weighted by Crippen LogP contribution is -2.14. The average Bonchev–Trinajstić information content (AvgIpc) is 2.13. The van der Waals surface area contributed by atoms with Crippen molar-refractivity contribution in [3.63, 3.8) is 0 Å². The molecule has 0 aliphatic rings. The molecule has 0 amide bonds. The SMILES string of the molecule is [C-]#[N+]CC(=O)OCCOC(=O)CC#N. The molecule has 0 spiro atoms. The van der Waals surface area contributed by atoms with Gasteiger partial charge in [-0.25, -0.2) is 11.4 Å². The van der Waals surface area contributed by atoms with Crippen molar-refractivity contribution in [3.8, 4) is 6.07 Å². The molecule has 0 aromatic rings. The van der Waals surface area contributed by atoms with E-state index in [1.54, 1.807) is 6.07 Å². The standard InChI is InChI=1S/C8H8N2O4/c1-10-6-8(12)14-5-4-13-7(11)2-3-9/h2,4-6H2. The highest BCUT2D eigenvalue weighted by atomic mass is 16.6. The Morgan fingerprint density at radius 1 is 1.29 bits per heavy atom. The normalized spacial score (nSPS) is 8.14. The molecule has 0 N–H and O–H groups in total. The maximum atomic E-state index is 10.6. The minimum atomic E-state index is -0.659. The zero-order valence-electron chi connectivity index (χ0n) is 7.36. The Kier molecular flexibility index (Phi) is 6.44. The maximum Gasteiger partial charge on any atom is 0.387 e. The summed E-state index contributed by atoms with van der Waals surface area (Å²) in [5.41, 5.74) is 0. The molecule has 0 atom stereocenters. The molecule has 0 unspecified atom stereocenters. The molecule has 0 bridgehead atoms. The van der Waals surface area contributed by atoms with E-state index in [0.717, 1.165) is 0 Å². The third-order valence-corrected chi connectivity index (χ3v) is 1.04. The average molecular weight is 196 g/mol. The minimum absolute atomic E-state index is 0.0917. The molecule has 0 rings (SSSR count). The van der Waals surface area contributed by atoms with Gasteiger partial charge in [-0.15, -0.1) is 0 Å². The van der Waals surface area contributed by atoms with Crippen LogP contribution in [0.3, 0.4) is 0 Å². The number of carbonyl (C=O) groups is 2. The topological polar surface area (TPSA) is 80.8 Å². The van der Waals surface area contributed by atoms with Crippen molar-refractivity contribution in [2.24, 2.45) is 0 Å². The van der Waals surface area contributed by atoms with Crippen molar-refractivity contribution in [1.29, 1.82) is 5.26 Å². The van der Waals surface area contributed by atoms with Gasteiger partial charge in [0.25, 0.3) is 0 Å². The summed E-state index contributed by atoms with van der Waals surface area (Å²) in [5, 5.41) is 8.08. The molecule has 74 valence electrons. The fourth-order valence-electron chi connectivity index (χ4n) is 0.537. The Bertz CT molecular complexity index is 257. The first-order valence-electron chi connectivity index (χ1n) is 3.72. The van der Waals surface area contributed by atoms with E-state index in [9.17, 15) is 9.59 Å². The van der Waals surface area contributed by atoms with Gasteiger partial charge in [0.15, 0.2) is 0 Å². The summed E-state index contributed by atoms with van der Waals surface area (Å²) in [6.07, 6.45) is -0.323. The van der Waals surface area contributed by atoms with Crippen LogP contribution in [0.2, 0.25) is 0 Å². The number of nitriles is 1. The number of ether oxygens (including phenoxy) is 2. The first-order valence-corrected chi connectivity index (χ1v) is 3.72. The van der Waals surface area contributed by atoms with Crippen molar-refractivity contribution in [1.82, 2.24) is 0 Å². The molecular formula is C8H8N2O4. The predicted molar refractivity (Wildman–Crippen MR) is 43.6 cm³/mol. The van der Waals surface area contributed by atoms with Crippen molar-refractivity contribution < 1.29 is 19.1 Å². The second-order valence-electron chi connectivity index (χ2n) is 2.09. The monoisotopic (exact) mass is 196 g/mol. The summed E-state index contributed by atoms with van der Waals surface area (Å²) >= 11 is 0. The van der Waals surface area contributed by atoms with E-state index in [1.165, 1.54) is 0 Å². The van der Waals surface area contributed by atoms with Crippen LogP contribution in [0.4, 0.5) is 0 Å². The van der Waals surface area contributed by atoms with Gasteiger partial charge in [0.05, 0.1) is 6.07 Å². The Hall–Kier alpha value is -2.08. The van der Waals surface area contributed by atoms with Gasteiger partial charge in [0, 0.05) is 0 Å². The van der Waals surface area contributed by atoms with E-state index in [-0.39, 0.29) is 26.2 Å². The van der Waals surface area contributed by atoms with E-state index in [0.29, 0.717) is 0 Å². The number of rotatable bonds is 5. The van der Waals surface area contributed by atoms with Crippen LogP contribution in [0.25, 0.3) is 4.85 Å². The fourth-order valence-corrected chi connectivity index (χ4v) is 0.537. The van der Waals surface area contributed by atoms with Gasteiger partial charge >= 0.3 is 18.5 Å². The number of hydrogen-bond donors (Lipinski definition) is 0. The lowest BCUT2D eigenvalue weighted by molar-refractivity contribution is -0.150. The van der Waals surface area contributed by atoms with E-state index < -0.39 is 11.9 Å². The largest absolute Gasteiger partial charge is 0.461 e. The molecule has 14 heavy (non-hydrogen) atoms. The Morgan fingerprint density at radius 2 is 1.86 bits per heavy atom. The predicted octanol–water partition coefficient (Wildman–Crippen LogP) is -0.0942. The Balaban J connectivity index is 3.39. The molecule has 0 fully saturated rings. The van der Waals surface area contributed by atoms with E-state index in [1.807, 2.05) is 0 Å².